The molecule has 174 valence electrons. The Bertz CT molecular complexity index is 1230. The van der Waals surface area contributed by atoms with Crippen LogP contribution in [0.2, 0.25) is 0 Å². The van der Waals surface area contributed by atoms with E-state index in [2.05, 4.69) is 27.0 Å². The molecule has 0 saturated carbocycles. The summed E-state index contributed by atoms with van der Waals surface area (Å²) >= 11 is 0. The van der Waals surface area contributed by atoms with Crippen molar-refractivity contribution >= 4 is 17.6 Å². The molecular weight excluding hydrogens is 437 g/mol. The number of aliphatic hydroxyl groups is 1. The summed E-state index contributed by atoms with van der Waals surface area (Å²) in [5, 5.41) is 26.9. The highest BCUT2D eigenvalue weighted by molar-refractivity contribution is 6.01. The van der Waals surface area contributed by atoms with Crippen LogP contribution in [0.4, 0.5) is 10.2 Å². The van der Waals surface area contributed by atoms with E-state index in [0.717, 1.165) is 5.56 Å². The Morgan fingerprint density at radius 2 is 1.94 bits per heavy atom. The molecule has 0 radical (unpaired) electrons. The lowest BCUT2D eigenvalue weighted by molar-refractivity contribution is -0.123. The maximum absolute atomic E-state index is 13.5. The van der Waals surface area contributed by atoms with E-state index >= 15 is 0 Å². The number of pyridine rings is 1. The smallest absolute Gasteiger partial charge is 0.255 e. The van der Waals surface area contributed by atoms with Crippen molar-refractivity contribution in [1.29, 1.82) is 5.26 Å². The molecule has 4 N–H and O–H groups in total. The number of nitrogens with one attached hydrogen (secondary N) is 3. The SMILES string of the molecule is CNC(=O)[C@H](CO)NC(=O)c1ccc(-c2ccccc2C#N)nc1NCCc1cccc(F)c1. The zero-order valence-electron chi connectivity index (χ0n) is 18.5. The summed E-state index contributed by atoms with van der Waals surface area (Å²) in [4.78, 5) is 29.4. The third-order valence-electron chi connectivity index (χ3n) is 5.11. The van der Waals surface area contributed by atoms with Crippen LogP contribution in [-0.4, -0.2) is 48.1 Å². The van der Waals surface area contributed by atoms with Gasteiger partial charge in [-0.3, -0.25) is 9.59 Å². The molecule has 8 nitrogen and oxygen atoms in total. The molecule has 1 atom stereocenters. The fourth-order valence-corrected chi connectivity index (χ4v) is 3.35. The largest absolute Gasteiger partial charge is 0.394 e. The minimum Gasteiger partial charge on any atom is -0.394 e. The van der Waals surface area contributed by atoms with Crippen LogP contribution in [0.3, 0.4) is 0 Å². The lowest BCUT2D eigenvalue weighted by Gasteiger charge is -2.17. The van der Waals surface area contributed by atoms with Gasteiger partial charge in [-0.15, -0.1) is 0 Å². The highest BCUT2D eigenvalue weighted by atomic mass is 19.1. The lowest BCUT2D eigenvalue weighted by Crippen LogP contribution is -2.48. The van der Waals surface area contributed by atoms with Crippen molar-refractivity contribution in [2.75, 3.05) is 25.5 Å². The van der Waals surface area contributed by atoms with Crippen molar-refractivity contribution in [3.8, 4) is 17.3 Å². The molecule has 0 spiro atoms. The summed E-state index contributed by atoms with van der Waals surface area (Å²) in [6, 6.07) is 17.3. The molecule has 9 heteroatoms. The van der Waals surface area contributed by atoms with E-state index in [1.807, 2.05) is 0 Å². The summed E-state index contributed by atoms with van der Waals surface area (Å²) in [6.45, 7) is -0.228. The van der Waals surface area contributed by atoms with Gasteiger partial charge in [0.15, 0.2) is 0 Å². The van der Waals surface area contributed by atoms with Gasteiger partial charge in [0.1, 0.15) is 17.7 Å². The predicted octanol–water partition coefficient (Wildman–Crippen LogP) is 2.25. The Morgan fingerprint density at radius 1 is 1.15 bits per heavy atom. The number of likely N-dealkylation sites (N-methyl/N-ethyl adjacent to an activating group) is 1. The lowest BCUT2D eigenvalue weighted by atomic mass is 10.0. The number of carbonyl (C=O) groups is 2. The number of halogens is 1. The third-order valence-corrected chi connectivity index (χ3v) is 5.11. The van der Waals surface area contributed by atoms with E-state index < -0.39 is 24.5 Å². The number of hydrogen-bond donors (Lipinski definition) is 4. The zero-order chi connectivity index (χ0) is 24.5. The second-order valence-corrected chi connectivity index (χ2v) is 7.38. The molecule has 1 heterocycles. The molecule has 2 aromatic carbocycles. The minimum absolute atomic E-state index is 0.153. The molecule has 0 aliphatic carbocycles. The van der Waals surface area contributed by atoms with Crippen LogP contribution in [0.5, 0.6) is 0 Å². The number of nitrogens with zero attached hydrogens (tertiary/aromatic N) is 2. The first-order valence-electron chi connectivity index (χ1n) is 10.6. The molecule has 0 bridgehead atoms. The Labute approximate surface area is 196 Å². The van der Waals surface area contributed by atoms with Crippen molar-refractivity contribution in [3.05, 3.63) is 83.2 Å². The predicted molar refractivity (Wildman–Crippen MR) is 125 cm³/mol. The van der Waals surface area contributed by atoms with E-state index in [1.165, 1.54) is 25.2 Å². The number of carbonyl (C=O) groups excluding carboxylic acids is 2. The summed E-state index contributed by atoms with van der Waals surface area (Å²) in [7, 11) is 1.40. The van der Waals surface area contributed by atoms with E-state index in [4.69, 9.17) is 0 Å². The molecule has 3 aromatic rings. The normalized spacial score (nSPS) is 11.2. The average molecular weight is 461 g/mol. The average Bonchev–Trinajstić information content (AvgIpc) is 2.86. The number of hydrogen-bond acceptors (Lipinski definition) is 6. The second kappa shape index (κ2) is 11.5. The number of nitriles is 1. The summed E-state index contributed by atoms with van der Waals surface area (Å²) in [5.41, 5.74) is 2.43. The summed E-state index contributed by atoms with van der Waals surface area (Å²) < 4.78 is 13.5. The third kappa shape index (κ3) is 5.94. The van der Waals surface area contributed by atoms with Crippen molar-refractivity contribution in [3.63, 3.8) is 0 Å². The van der Waals surface area contributed by atoms with Crippen LogP contribution in [-0.2, 0) is 11.2 Å². The Hall–Kier alpha value is -4.29. The number of benzene rings is 2. The first-order chi connectivity index (χ1) is 16.5. The van der Waals surface area contributed by atoms with Crippen LogP contribution < -0.4 is 16.0 Å². The topological polar surface area (TPSA) is 127 Å². The highest BCUT2D eigenvalue weighted by Crippen LogP contribution is 2.25. The maximum atomic E-state index is 13.5. The monoisotopic (exact) mass is 461 g/mol. The van der Waals surface area contributed by atoms with Crippen molar-refractivity contribution in [2.24, 2.45) is 0 Å². The van der Waals surface area contributed by atoms with Gasteiger partial charge >= 0.3 is 0 Å². The van der Waals surface area contributed by atoms with Crippen LogP contribution in [0, 0.1) is 17.1 Å². The van der Waals surface area contributed by atoms with E-state index in [9.17, 15) is 24.3 Å². The Morgan fingerprint density at radius 3 is 2.65 bits per heavy atom. The summed E-state index contributed by atoms with van der Waals surface area (Å²) in [5.74, 6) is -1.25. The fraction of sp³-hybridized carbons (Fsp3) is 0.200. The van der Waals surface area contributed by atoms with Crippen LogP contribution >= 0.6 is 0 Å². The van der Waals surface area contributed by atoms with Gasteiger partial charge in [0.25, 0.3) is 5.91 Å². The van der Waals surface area contributed by atoms with Crippen LogP contribution in [0.25, 0.3) is 11.3 Å². The molecule has 0 fully saturated rings. The van der Waals surface area contributed by atoms with E-state index in [1.54, 1.807) is 42.5 Å². The quantitative estimate of drug-likeness (QED) is 0.387. The van der Waals surface area contributed by atoms with Gasteiger partial charge in [0, 0.05) is 19.2 Å². The molecule has 3 rings (SSSR count). The number of aliphatic hydroxyl groups excluding tert-OH is 1. The van der Waals surface area contributed by atoms with Gasteiger partial charge in [-0.2, -0.15) is 5.26 Å². The molecular formula is C25H24FN5O3. The van der Waals surface area contributed by atoms with Crippen LogP contribution in [0.1, 0.15) is 21.5 Å². The van der Waals surface area contributed by atoms with Gasteiger partial charge in [0.2, 0.25) is 5.91 Å². The van der Waals surface area contributed by atoms with E-state index in [0.29, 0.717) is 29.8 Å². The maximum Gasteiger partial charge on any atom is 0.255 e. The van der Waals surface area contributed by atoms with Crippen LogP contribution in [0.15, 0.2) is 60.7 Å². The van der Waals surface area contributed by atoms with Crippen molar-refractivity contribution in [1.82, 2.24) is 15.6 Å². The van der Waals surface area contributed by atoms with Gasteiger partial charge in [-0.25, -0.2) is 9.37 Å². The first kappa shape index (κ1) is 24.4. The molecule has 0 unspecified atom stereocenters. The fourth-order valence-electron chi connectivity index (χ4n) is 3.35. The number of amides is 2. The Kier molecular flexibility index (Phi) is 8.26. The zero-order valence-corrected chi connectivity index (χ0v) is 18.5. The molecule has 2 amide bonds. The van der Waals surface area contributed by atoms with Crippen molar-refractivity contribution in [2.45, 2.75) is 12.5 Å². The first-order valence-corrected chi connectivity index (χ1v) is 10.6. The Balaban J connectivity index is 1.91. The molecule has 0 saturated heterocycles. The molecule has 34 heavy (non-hydrogen) atoms. The van der Waals surface area contributed by atoms with Gasteiger partial charge < -0.3 is 21.1 Å². The van der Waals surface area contributed by atoms with Gasteiger partial charge in [0.05, 0.1) is 29.5 Å². The number of rotatable bonds is 9. The van der Waals surface area contributed by atoms with Crippen molar-refractivity contribution < 1.29 is 19.1 Å². The number of anilines is 1. The summed E-state index contributed by atoms with van der Waals surface area (Å²) in [6.07, 6.45) is 0.469. The standard InChI is InChI=1S/C25H24FN5O3/c1-28-25(34)22(15-32)31-24(33)20-9-10-21(19-8-3-2-6-17(19)14-27)30-23(20)29-12-11-16-5-4-7-18(26)13-16/h2-10,13,22,32H,11-12,15H2,1H3,(H,28,34)(H,29,30)(H,31,33)/t22-/m0/s1. The molecule has 0 aliphatic heterocycles. The highest BCUT2D eigenvalue weighted by Gasteiger charge is 2.22. The molecule has 0 aliphatic rings. The van der Waals surface area contributed by atoms with Gasteiger partial charge in [-0.1, -0.05) is 30.3 Å². The van der Waals surface area contributed by atoms with E-state index in [-0.39, 0.29) is 17.2 Å². The number of aromatic nitrogens is 1. The molecule has 1 aromatic heterocycles. The second-order valence-electron chi connectivity index (χ2n) is 7.38. The van der Waals surface area contributed by atoms with Gasteiger partial charge in [-0.05, 0) is 42.3 Å². The minimum atomic E-state index is -1.13.